The number of nitrogens with zero attached hydrogens (tertiary/aromatic N) is 1. The van der Waals surface area contributed by atoms with Gasteiger partial charge in [-0.3, -0.25) is 4.79 Å². The fourth-order valence-electron chi connectivity index (χ4n) is 1.96. The highest BCUT2D eigenvalue weighted by molar-refractivity contribution is 7.91. The summed E-state index contributed by atoms with van der Waals surface area (Å²) >= 11 is 5.78. The molecule has 0 fully saturated rings. The van der Waals surface area contributed by atoms with Crippen LogP contribution < -0.4 is 5.32 Å². The lowest BCUT2D eigenvalue weighted by molar-refractivity contribution is -0.120. The van der Waals surface area contributed by atoms with Crippen molar-refractivity contribution in [2.24, 2.45) is 0 Å². The molecule has 0 radical (unpaired) electrons. The number of nitrogens with one attached hydrogen (secondary N) is 1. The molecule has 1 amide bonds. The molecule has 0 atom stereocenters. The molecule has 0 aliphatic rings. The molecule has 8 heteroatoms. The summed E-state index contributed by atoms with van der Waals surface area (Å²) in [5.74, 6) is 0.122. The minimum Gasteiger partial charge on any atom is -0.361 e. The lowest BCUT2D eigenvalue weighted by atomic mass is 10.3. The summed E-state index contributed by atoms with van der Waals surface area (Å²) in [5.41, 5.74) is 0.745. The van der Waals surface area contributed by atoms with Crippen molar-refractivity contribution in [2.75, 3.05) is 12.3 Å². The molecule has 0 aliphatic carbocycles. The molecule has 0 saturated heterocycles. The van der Waals surface area contributed by atoms with Gasteiger partial charge in [-0.05, 0) is 25.1 Å². The first-order chi connectivity index (χ1) is 10.9. The number of aryl methyl sites for hydroxylation is 1. The van der Waals surface area contributed by atoms with Crippen LogP contribution in [-0.4, -0.2) is 31.8 Å². The Balaban J connectivity index is 1.79. The average Bonchev–Trinajstić information content (AvgIpc) is 2.91. The van der Waals surface area contributed by atoms with Gasteiger partial charge < -0.3 is 9.84 Å². The molecule has 1 aromatic carbocycles. The number of halogens is 1. The van der Waals surface area contributed by atoms with Gasteiger partial charge in [0.25, 0.3) is 0 Å². The maximum atomic E-state index is 12.1. The second-order valence-electron chi connectivity index (χ2n) is 5.06. The molecule has 23 heavy (non-hydrogen) atoms. The third-order valence-corrected chi connectivity index (χ3v) is 5.08. The number of carbonyl (C=O) groups excluding carboxylic acids is 1. The molecule has 6 nitrogen and oxygen atoms in total. The van der Waals surface area contributed by atoms with Crippen LogP contribution in [0.5, 0.6) is 0 Å². The fraction of sp³-hybridized carbons (Fsp3) is 0.333. The highest BCUT2D eigenvalue weighted by atomic mass is 35.5. The van der Waals surface area contributed by atoms with Gasteiger partial charge in [0.2, 0.25) is 5.91 Å². The molecule has 2 aromatic rings. The molecular formula is C15H17ClN2O4S. The quantitative estimate of drug-likeness (QED) is 0.821. The maximum Gasteiger partial charge on any atom is 0.221 e. The molecule has 0 aliphatic heterocycles. The minimum atomic E-state index is -3.52. The Hall–Kier alpha value is -1.86. The summed E-state index contributed by atoms with van der Waals surface area (Å²) in [5, 5.41) is 6.82. The standard InChI is InChI=1S/C15H17ClN2O4S/c1-11-9-13(18-22-11)5-7-17-15(19)6-8-23(20,21)14-4-2-3-12(16)10-14/h2-4,9-10H,5-8H2,1H3,(H,17,19). The van der Waals surface area contributed by atoms with Crippen LogP contribution >= 0.6 is 11.6 Å². The largest absolute Gasteiger partial charge is 0.361 e. The summed E-state index contributed by atoms with van der Waals surface area (Å²) in [6.45, 7) is 2.16. The van der Waals surface area contributed by atoms with E-state index in [-0.39, 0.29) is 23.0 Å². The van der Waals surface area contributed by atoms with Crippen molar-refractivity contribution in [1.29, 1.82) is 0 Å². The Bertz CT molecular complexity index is 786. The predicted molar refractivity (Wildman–Crippen MR) is 86.1 cm³/mol. The summed E-state index contributed by atoms with van der Waals surface area (Å²) < 4.78 is 29.2. The van der Waals surface area contributed by atoms with Crippen molar-refractivity contribution in [3.63, 3.8) is 0 Å². The number of benzene rings is 1. The van der Waals surface area contributed by atoms with E-state index in [2.05, 4.69) is 10.5 Å². The normalized spacial score (nSPS) is 11.4. The molecule has 1 aromatic heterocycles. The van der Waals surface area contributed by atoms with Crippen molar-refractivity contribution >= 4 is 27.3 Å². The summed E-state index contributed by atoms with van der Waals surface area (Å²) in [6, 6.07) is 7.79. The van der Waals surface area contributed by atoms with E-state index in [0.29, 0.717) is 23.7 Å². The van der Waals surface area contributed by atoms with E-state index >= 15 is 0 Å². The van der Waals surface area contributed by atoms with Gasteiger partial charge in [-0.2, -0.15) is 0 Å². The lowest BCUT2D eigenvalue weighted by Gasteiger charge is -2.06. The van der Waals surface area contributed by atoms with Gasteiger partial charge in [-0.1, -0.05) is 22.8 Å². The Labute approximate surface area is 139 Å². The number of sulfone groups is 1. The SMILES string of the molecule is Cc1cc(CCNC(=O)CCS(=O)(=O)c2cccc(Cl)c2)no1. The Morgan fingerprint density at radius 1 is 1.35 bits per heavy atom. The Kier molecular flexibility index (Phi) is 5.79. The van der Waals surface area contributed by atoms with Gasteiger partial charge in [0.05, 0.1) is 16.3 Å². The molecule has 0 spiro atoms. The van der Waals surface area contributed by atoms with Crippen LogP contribution in [0.4, 0.5) is 0 Å². The zero-order chi connectivity index (χ0) is 16.9. The second kappa shape index (κ2) is 7.61. The van der Waals surface area contributed by atoms with Gasteiger partial charge in [-0.15, -0.1) is 0 Å². The van der Waals surface area contributed by atoms with Crippen LogP contribution in [0.2, 0.25) is 5.02 Å². The third-order valence-electron chi connectivity index (χ3n) is 3.13. The first-order valence-electron chi connectivity index (χ1n) is 7.04. The first kappa shape index (κ1) is 17.5. The van der Waals surface area contributed by atoms with Gasteiger partial charge in [-0.25, -0.2) is 8.42 Å². The number of amides is 1. The number of carbonyl (C=O) groups is 1. The van der Waals surface area contributed by atoms with Crippen molar-refractivity contribution in [3.8, 4) is 0 Å². The maximum absolute atomic E-state index is 12.1. The molecular weight excluding hydrogens is 340 g/mol. The van der Waals surface area contributed by atoms with Crippen LogP contribution in [-0.2, 0) is 21.1 Å². The number of hydrogen-bond acceptors (Lipinski definition) is 5. The molecule has 0 bridgehead atoms. The van der Waals surface area contributed by atoms with E-state index in [1.807, 2.05) is 0 Å². The highest BCUT2D eigenvalue weighted by Gasteiger charge is 2.16. The van der Waals surface area contributed by atoms with Crippen LogP contribution in [0.1, 0.15) is 17.9 Å². The predicted octanol–water partition coefficient (Wildman–Crippen LogP) is 2.16. The van der Waals surface area contributed by atoms with E-state index in [1.165, 1.54) is 12.1 Å². The zero-order valence-corrected chi connectivity index (χ0v) is 14.2. The molecule has 0 saturated carbocycles. The molecule has 2 rings (SSSR count). The summed E-state index contributed by atoms with van der Waals surface area (Å²) in [4.78, 5) is 11.9. The number of rotatable bonds is 7. The topological polar surface area (TPSA) is 89.3 Å². The lowest BCUT2D eigenvalue weighted by Crippen LogP contribution is -2.27. The van der Waals surface area contributed by atoms with Crippen molar-refractivity contribution in [3.05, 3.63) is 46.8 Å². The van der Waals surface area contributed by atoms with Gasteiger partial charge in [0.15, 0.2) is 9.84 Å². The second-order valence-corrected chi connectivity index (χ2v) is 7.60. The summed E-state index contributed by atoms with van der Waals surface area (Å²) in [7, 11) is -3.52. The first-order valence-corrected chi connectivity index (χ1v) is 9.07. The van der Waals surface area contributed by atoms with Crippen molar-refractivity contribution in [1.82, 2.24) is 10.5 Å². The Morgan fingerprint density at radius 2 is 2.13 bits per heavy atom. The van der Waals surface area contributed by atoms with E-state index < -0.39 is 9.84 Å². The number of hydrogen-bond donors (Lipinski definition) is 1. The van der Waals surface area contributed by atoms with E-state index in [1.54, 1.807) is 25.1 Å². The van der Waals surface area contributed by atoms with Gasteiger partial charge in [0, 0.05) is 30.5 Å². The molecule has 124 valence electrons. The summed E-state index contributed by atoms with van der Waals surface area (Å²) in [6.07, 6.45) is 0.427. The highest BCUT2D eigenvalue weighted by Crippen LogP contribution is 2.17. The van der Waals surface area contributed by atoms with E-state index in [0.717, 1.165) is 5.69 Å². The Morgan fingerprint density at radius 3 is 2.78 bits per heavy atom. The van der Waals surface area contributed by atoms with E-state index in [4.69, 9.17) is 16.1 Å². The average molecular weight is 357 g/mol. The van der Waals surface area contributed by atoms with Gasteiger partial charge >= 0.3 is 0 Å². The molecule has 1 heterocycles. The van der Waals surface area contributed by atoms with Crippen LogP contribution in [0.25, 0.3) is 0 Å². The van der Waals surface area contributed by atoms with Crippen molar-refractivity contribution in [2.45, 2.75) is 24.7 Å². The monoisotopic (exact) mass is 356 g/mol. The van der Waals surface area contributed by atoms with Crippen molar-refractivity contribution < 1.29 is 17.7 Å². The van der Waals surface area contributed by atoms with Crippen LogP contribution in [0.15, 0.2) is 39.8 Å². The smallest absolute Gasteiger partial charge is 0.221 e. The van der Waals surface area contributed by atoms with E-state index in [9.17, 15) is 13.2 Å². The molecule has 0 unspecified atom stereocenters. The fourth-order valence-corrected chi connectivity index (χ4v) is 3.50. The molecule has 1 N–H and O–H groups in total. The number of aromatic nitrogens is 1. The zero-order valence-electron chi connectivity index (χ0n) is 12.6. The third kappa shape index (κ3) is 5.37. The van der Waals surface area contributed by atoms with Crippen LogP contribution in [0, 0.1) is 6.92 Å². The van der Waals surface area contributed by atoms with Gasteiger partial charge in [0.1, 0.15) is 5.76 Å². The minimum absolute atomic E-state index is 0.104. The van der Waals surface area contributed by atoms with Crippen LogP contribution in [0.3, 0.4) is 0 Å².